The Balaban J connectivity index is 1.24. The maximum Gasteiger partial charge on any atom is 0.407 e. The lowest BCUT2D eigenvalue weighted by Gasteiger charge is -2.26. The first-order valence-corrected chi connectivity index (χ1v) is 13.8. The van der Waals surface area contributed by atoms with Crippen LogP contribution in [-0.2, 0) is 20.9 Å². The summed E-state index contributed by atoms with van der Waals surface area (Å²) in [5.74, 6) is -1.73. The number of carboxylic acids is 1. The van der Waals surface area contributed by atoms with Gasteiger partial charge in [0, 0.05) is 25.0 Å². The molecule has 0 saturated heterocycles. The molecule has 40 heavy (non-hydrogen) atoms. The number of rotatable bonds is 10. The van der Waals surface area contributed by atoms with Crippen LogP contribution in [0.15, 0.2) is 78.9 Å². The molecule has 1 saturated carbocycles. The van der Waals surface area contributed by atoms with Crippen LogP contribution < -0.4 is 10.6 Å². The van der Waals surface area contributed by atoms with E-state index >= 15 is 0 Å². The lowest BCUT2D eigenvalue weighted by Crippen LogP contribution is -2.53. The molecule has 8 heteroatoms. The Morgan fingerprint density at radius 2 is 1.55 bits per heavy atom. The number of amides is 2. The minimum absolute atomic E-state index is 0.0855. The monoisotopic (exact) mass is 541 g/mol. The smallest absolute Gasteiger partial charge is 0.407 e. The third-order valence-electron chi connectivity index (χ3n) is 7.87. The van der Waals surface area contributed by atoms with E-state index in [9.17, 15) is 19.5 Å². The number of hydrogen-bond acceptors (Lipinski definition) is 5. The zero-order valence-electron chi connectivity index (χ0n) is 22.6. The second kappa shape index (κ2) is 12.3. The first kappa shape index (κ1) is 27.4. The number of nitrogens with zero attached hydrogens (tertiary/aromatic N) is 1. The minimum Gasteiger partial charge on any atom is -0.481 e. The standard InChI is InChI=1S/C32H35N3O5/c1-35(18-21-9-3-2-4-10-21)19-29(30(36)33-23-16-15-22(17-23)31(37)38)34-32(39)40-20-28-26-13-7-5-11-24(26)25-12-6-8-14-27(25)28/h2-14,22-23,28-29H,15-20H2,1H3,(H,33,36)(H,34,39)(H,37,38). The van der Waals surface area contributed by atoms with Gasteiger partial charge < -0.3 is 20.5 Å². The van der Waals surface area contributed by atoms with Crippen LogP contribution in [0.4, 0.5) is 4.79 Å². The summed E-state index contributed by atoms with van der Waals surface area (Å²) in [6.45, 7) is 1.01. The summed E-state index contributed by atoms with van der Waals surface area (Å²) in [6, 6.07) is 25.0. The van der Waals surface area contributed by atoms with Crippen LogP contribution in [0, 0.1) is 5.92 Å². The zero-order valence-corrected chi connectivity index (χ0v) is 22.6. The van der Waals surface area contributed by atoms with E-state index in [1.54, 1.807) is 0 Å². The molecule has 3 N–H and O–H groups in total. The molecular weight excluding hydrogens is 506 g/mol. The highest BCUT2D eigenvalue weighted by Gasteiger charge is 2.33. The van der Waals surface area contributed by atoms with Crippen molar-refractivity contribution in [2.24, 2.45) is 5.92 Å². The molecule has 1 fully saturated rings. The van der Waals surface area contributed by atoms with Crippen LogP contribution >= 0.6 is 0 Å². The molecule has 2 aliphatic rings. The topological polar surface area (TPSA) is 108 Å². The third kappa shape index (κ3) is 6.34. The Morgan fingerprint density at radius 1 is 0.925 bits per heavy atom. The molecule has 0 radical (unpaired) electrons. The largest absolute Gasteiger partial charge is 0.481 e. The normalized spacial score (nSPS) is 18.6. The molecule has 3 unspecified atom stereocenters. The summed E-state index contributed by atoms with van der Waals surface area (Å²) in [7, 11) is 1.89. The predicted molar refractivity (Wildman–Crippen MR) is 152 cm³/mol. The summed E-state index contributed by atoms with van der Waals surface area (Å²) in [6.07, 6.45) is 0.849. The van der Waals surface area contributed by atoms with E-state index in [2.05, 4.69) is 34.9 Å². The van der Waals surface area contributed by atoms with Crippen molar-refractivity contribution < 1.29 is 24.2 Å². The predicted octanol–water partition coefficient (Wildman–Crippen LogP) is 4.40. The maximum atomic E-state index is 13.3. The van der Waals surface area contributed by atoms with E-state index in [-0.39, 0.29) is 31.0 Å². The number of carboxylic acid groups (broad SMARTS) is 1. The highest BCUT2D eigenvalue weighted by molar-refractivity contribution is 5.86. The first-order valence-electron chi connectivity index (χ1n) is 13.8. The van der Waals surface area contributed by atoms with Crippen LogP contribution in [0.2, 0.25) is 0 Å². The number of benzene rings is 3. The van der Waals surface area contributed by atoms with Gasteiger partial charge in [0.2, 0.25) is 5.91 Å². The Morgan fingerprint density at radius 3 is 2.17 bits per heavy atom. The van der Waals surface area contributed by atoms with Gasteiger partial charge in [0.1, 0.15) is 12.6 Å². The molecule has 0 aliphatic heterocycles. The van der Waals surface area contributed by atoms with Gasteiger partial charge in [0.05, 0.1) is 5.92 Å². The maximum absolute atomic E-state index is 13.3. The Bertz CT molecular complexity index is 1320. The molecule has 0 aromatic heterocycles. The highest BCUT2D eigenvalue weighted by atomic mass is 16.5. The number of fused-ring (bicyclic) bond motifs is 3. The molecule has 2 amide bonds. The van der Waals surface area contributed by atoms with E-state index in [0.29, 0.717) is 25.8 Å². The van der Waals surface area contributed by atoms with Gasteiger partial charge in [-0.3, -0.25) is 14.5 Å². The summed E-state index contributed by atoms with van der Waals surface area (Å²) >= 11 is 0. The number of carbonyl (C=O) groups is 3. The second-order valence-electron chi connectivity index (χ2n) is 10.8. The van der Waals surface area contributed by atoms with Gasteiger partial charge in [0.15, 0.2) is 0 Å². The van der Waals surface area contributed by atoms with Crippen LogP contribution in [0.5, 0.6) is 0 Å². The van der Waals surface area contributed by atoms with Crippen LogP contribution in [0.3, 0.4) is 0 Å². The molecule has 5 rings (SSSR count). The Labute approximate surface area is 234 Å². The molecule has 0 bridgehead atoms. The third-order valence-corrected chi connectivity index (χ3v) is 7.87. The summed E-state index contributed by atoms with van der Waals surface area (Å²) in [4.78, 5) is 39.7. The van der Waals surface area contributed by atoms with Crippen molar-refractivity contribution in [3.05, 3.63) is 95.6 Å². The average molecular weight is 542 g/mol. The number of likely N-dealkylation sites (N-methyl/N-ethyl adjacent to an activating group) is 1. The number of hydrogen-bond donors (Lipinski definition) is 3. The van der Waals surface area contributed by atoms with Gasteiger partial charge in [-0.2, -0.15) is 0 Å². The molecule has 8 nitrogen and oxygen atoms in total. The van der Waals surface area contributed by atoms with Crippen LogP contribution in [-0.4, -0.2) is 60.3 Å². The van der Waals surface area contributed by atoms with Gasteiger partial charge in [0.25, 0.3) is 0 Å². The Kier molecular flexibility index (Phi) is 8.45. The molecule has 0 heterocycles. The van der Waals surface area contributed by atoms with Crippen molar-refractivity contribution >= 4 is 18.0 Å². The van der Waals surface area contributed by atoms with Crippen molar-refractivity contribution in [3.8, 4) is 11.1 Å². The van der Waals surface area contributed by atoms with Gasteiger partial charge in [-0.05, 0) is 54.1 Å². The average Bonchev–Trinajstić information content (AvgIpc) is 3.55. The fraction of sp³-hybridized carbons (Fsp3) is 0.344. The lowest BCUT2D eigenvalue weighted by molar-refractivity contribution is -0.141. The zero-order chi connectivity index (χ0) is 28.1. The molecule has 208 valence electrons. The fourth-order valence-electron chi connectivity index (χ4n) is 5.89. The number of alkyl carbamates (subject to hydrolysis) is 1. The summed E-state index contributed by atoms with van der Waals surface area (Å²) in [5, 5.41) is 15.1. The van der Waals surface area contributed by atoms with Crippen molar-refractivity contribution in [2.75, 3.05) is 20.2 Å². The molecular formula is C32H35N3O5. The molecule has 2 aliphatic carbocycles. The minimum atomic E-state index is -0.867. The molecule has 0 spiro atoms. The second-order valence-corrected chi connectivity index (χ2v) is 10.8. The van der Waals surface area contributed by atoms with Gasteiger partial charge in [-0.15, -0.1) is 0 Å². The molecule has 3 atom stereocenters. The number of carbonyl (C=O) groups excluding carboxylic acids is 2. The van der Waals surface area contributed by atoms with Crippen LogP contribution in [0.25, 0.3) is 11.1 Å². The molecule has 3 aromatic rings. The SMILES string of the molecule is CN(Cc1ccccc1)CC(NC(=O)OCC1c2ccccc2-c2ccccc21)C(=O)NC1CCC(C(=O)O)C1. The first-order chi connectivity index (χ1) is 19.4. The van der Waals surface area contributed by atoms with Gasteiger partial charge >= 0.3 is 12.1 Å². The Hall–Kier alpha value is -4.17. The highest BCUT2D eigenvalue weighted by Crippen LogP contribution is 2.44. The summed E-state index contributed by atoms with van der Waals surface area (Å²) < 4.78 is 5.71. The van der Waals surface area contributed by atoms with Crippen molar-refractivity contribution in [1.82, 2.24) is 15.5 Å². The number of nitrogens with one attached hydrogen (secondary N) is 2. The van der Waals surface area contributed by atoms with Crippen molar-refractivity contribution in [1.29, 1.82) is 0 Å². The van der Waals surface area contributed by atoms with Crippen molar-refractivity contribution in [2.45, 2.75) is 43.8 Å². The number of ether oxygens (including phenoxy) is 1. The van der Waals surface area contributed by atoms with E-state index in [1.807, 2.05) is 66.5 Å². The fourth-order valence-corrected chi connectivity index (χ4v) is 5.89. The van der Waals surface area contributed by atoms with Gasteiger partial charge in [-0.1, -0.05) is 78.9 Å². The van der Waals surface area contributed by atoms with Crippen molar-refractivity contribution in [3.63, 3.8) is 0 Å². The quantitative estimate of drug-likeness (QED) is 0.351. The summed E-state index contributed by atoms with van der Waals surface area (Å²) in [5.41, 5.74) is 5.60. The number of aliphatic carboxylic acids is 1. The van der Waals surface area contributed by atoms with Gasteiger partial charge in [-0.25, -0.2) is 4.79 Å². The van der Waals surface area contributed by atoms with Crippen LogP contribution in [0.1, 0.15) is 41.9 Å². The van der Waals surface area contributed by atoms with E-state index in [1.165, 1.54) is 0 Å². The molecule has 3 aromatic carbocycles. The lowest BCUT2D eigenvalue weighted by atomic mass is 9.98. The van der Waals surface area contributed by atoms with E-state index in [0.717, 1.165) is 27.8 Å². The van der Waals surface area contributed by atoms with E-state index < -0.39 is 24.0 Å². The van der Waals surface area contributed by atoms with E-state index in [4.69, 9.17) is 4.74 Å².